The first kappa shape index (κ1) is 34.3. The van der Waals surface area contributed by atoms with Crippen LogP contribution in [0.2, 0.25) is 0 Å². The maximum absolute atomic E-state index is 13.3. The third kappa shape index (κ3) is 8.46. The Hall–Kier alpha value is -5.02. The molecule has 1 unspecified atom stereocenters. The van der Waals surface area contributed by atoms with Crippen LogP contribution in [0, 0.1) is 5.82 Å². The second-order valence-corrected chi connectivity index (χ2v) is 14.1. The van der Waals surface area contributed by atoms with Crippen LogP contribution in [-0.2, 0) is 19.6 Å². The zero-order valence-electron chi connectivity index (χ0n) is 26.6. The van der Waals surface area contributed by atoms with Crippen LogP contribution in [-0.4, -0.2) is 71.9 Å². The minimum Gasteiger partial charge on any atom is -0.481 e. The third-order valence-electron chi connectivity index (χ3n) is 7.57. The van der Waals surface area contributed by atoms with Gasteiger partial charge in [0.05, 0.1) is 22.3 Å². The van der Waals surface area contributed by atoms with Crippen molar-refractivity contribution in [3.63, 3.8) is 0 Å². The molecule has 1 aliphatic heterocycles. The number of aromatic nitrogens is 2. The molecule has 0 bridgehead atoms. The predicted molar refractivity (Wildman–Crippen MR) is 177 cm³/mol. The van der Waals surface area contributed by atoms with E-state index in [2.05, 4.69) is 25.2 Å². The molecule has 0 radical (unpaired) electrons. The topological polar surface area (TPSA) is 172 Å². The molecule has 15 heteroatoms. The first-order chi connectivity index (χ1) is 22.7. The fourth-order valence-corrected chi connectivity index (χ4v) is 6.46. The molecule has 254 valence electrons. The second kappa shape index (κ2) is 14.0. The Labute approximate surface area is 277 Å². The number of nitrogens with one attached hydrogen (secondary N) is 3. The van der Waals surface area contributed by atoms with Gasteiger partial charge in [-0.05, 0) is 94.3 Å². The molecule has 1 amide bonds. The second-order valence-electron chi connectivity index (χ2n) is 12.4. The number of para-hydroxylation sites is 2. The number of piperidine rings is 1. The lowest BCUT2D eigenvalue weighted by atomic mass is 10.0. The minimum absolute atomic E-state index is 0.0363. The standard InChI is InChI=1S/C33H37FN6O7S/c1-33(2,3)47-32(44)40-27-7-5-4-6-26(27)36-31(40)35-23-16-18-39(19-17-23)24-12-8-21(9-13-24)30(43)37-28(20-29(41)42)38-48(45,46)25-14-10-22(34)11-15-25/h4-15,23,28,38H,16-20H2,1-3H3,(H,35,36)(H,37,43)(H,41,42). The minimum atomic E-state index is -4.25. The number of amides is 1. The maximum Gasteiger partial charge on any atom is 0.421 e. The maximum atomic E-state index is 13.3. The van der Waals surface area contributed by atoms with Crippen molar-refractivity contribution in [2.75, 3.05) is 23.3 Å². The number of aliphatic carboxylic acids is 1. The van der Waals surface area contributed by atoms with Gasteiger partial charge in [0.15, 0.2) is 0 Å². The Balaban J connectivity index is 1.20. The van der Waals surface area contributed by atoms with Gasteiger partial charge in [-0.25, -0.2) is 27.2 Å². The molecule has 1 saturated heterocycles. The molecule has 1 fully saturated rings. The highest BCUT2D eigenvalue weighted by Crippen LogP contribution is 2.26. The smallest absolute Gasteiger partial charge is 0.421 e. The highest BCUT2D eigenvalue weighted by molar-refractivity contribution is 7.89. The van der Waals surface area contributed by atoms with Gasteiger partial charge >= 0.3 is 12.1 Å². The van der Waals surface area contributed by atoms with Crippen molar-refractivity contribution in [1.82, 2.24) is 19.6 Å². The summed E-state index contributed by atoms with van der Waals surface area (Å²) in [5, 5.41) is 15.1. The van der Waals surface area contributed by atoms with E-state index in [1.54, 1.807) is 24.3 Å². The molecule has 1 atom stereocenters. The number of nitrogens with zero attached hydrogens (tertiary/aromatic N) is 3. The molecule has 1 aromatic heterocycles. The molecule has 0 saturated carbocycles. The summed E-state index contributed by atoms with van der Waals surface area (Å²) < 4.78 is 48.0. The van der Waals surface area contributed by atoms with Crippen LogP contribution in [0.3, 0.4) is 0 Å². The van der Waals surface area contributed by atoms with E-state index in [0.717, 1.165) is 42.8 Å². The van der Waals surface area contributed by atoms with Crippen molar-refractivity contribution in [3.8, 4) is 0 Å². The molecule has 1 aliphatic rings. The number of fused-ring (bicyclic) bond motifs is 1. The number of carbonyl (C=O) groups excluding carboxylic acids is 2. The van der Waals surface area contributed by atoms with Gasteiger partial charge < -0.3 is 25.4 Å². The Bertz CT molecular complexity index is 1900. The van der Waals surface area contributed by atoms with Crippen LogP contribution < -0.4 is 20.3 Å². The Morgan fingerprint density at radius 3 is 2.27 bits per heavy atom. The number of anilines is 2. The first-order valence-electron chi connectivity index (χ1n) is 15.3. The van der Waals surface area contributed by atoms with E-state index in [9.17, 15) is 32.3 Å². The summed E-state index contributed by atoms with van der Waals surface area (Å²) in [4.78, 5) is 44.0. The van der Waals surface area contributed by atoms with Crippen LogP contribution in [0.25, 0.3) is 11.0 Å². The molecule has 4 aromatic rings. The molecular formula is C33H37FN6O7S. The number of imidazole rings is 1. The number of ether oxygens (including phenoxy) is 1. The molecule has 48 heavy (non-hydrogen) atoms. The van der Waals surface area contributed by atoms with E-state index in [1.165, 1.54) is 4.57 Å². The summed E-state index contributed by atoms with van der Waals surface area (Å²) in [7, 11) is -4.25. The summed E-state index contributed by atoms with van der Waals surface area (Å²) in [5.41, 5.74) is 1.71. The summed E-state index contributed by atoms with van der Waals surface area (Å²) in [6.45, 7) is 6.79. The van der Waals surface area contributed by atoms with E-state index in [1.807, 2.05) is 45.0 Å². The van der Waals surface area contributed by atoms with E-state index in [-0.39, 0.29) is 16.5 Å². The lowest BCUT2D eigenvalue weighted by Crippen LogP contribution is -2.49. The lowest BCUT2D eigenvalue weighted by Gasteiger charge is -2.34. The van der Waals surface area contributed by atoms with Gasteiger partial charge in [0.25, 0.3) is 5.91 Å². The van der Waals surface area contributed by atoms with Crippen molar-refractivity contribution in [2.24, 2.45) is 0 Å². The van der Waals surface area contributed by atoms with Gasteiger partial charge in [-0.3, -0.25) is 9.59 Å². The number of carboxylic acids is 1. The van der Waals surface area contributed by atoms with Crippen molar-refractivity contribution in [1.29, 1.82) is 0 Å². The van der Waals surface area contributed by atoms with Crippen LogP contribution in [0.4, 0.5) is 20.8 Å². The molecule has 0 aliphatic carbocycles. The number of benzene rings is 3. The highest BCUT2D eigenvalue weighted by Gasteiger charge is 2.27. The number of carbonyl (C=O) groups is 3. The molecular weight excluding hydrogens is 643 g/mol. The normalized spacial score (nSPS) is 14.8. The fraction of sp³-hybridized carbons (Fsp3) is 0.333. The highest BCUT2D eigenvalue weighted by atomic mass is 32.2. The van der Waals surface area contributed by atoms with Gasteiger partial charge in [0.1, 0.15) is 17.6 Å². The van der Waals surface area contributed by atoms with E-state index in [4.69, 9.17) is 4.74 Å². The van der Waals surface area contributed by atoms with E-state index in [0.29, 0.717) is 30.1 Å². The molecule has 13 nitrogen and oxygen atoms in total. The predicted octanol–water partition coefficient (Wildman–Crippen LogP) is 4.55. The lowest BCUT2D eigenvalue weighted by molar-refractivity contribution is -0.137. The molecule has 5 rings (SSSR count). The van der Waals surface area contributed by atoms with Crippen molar-refractivity contribution in [2.45, 2.75) is 62.7 Å². The van der Waals surface area contributed by atoms with Crippen molar-refractivity contribution in [3.05, 3.63) is 84.2 Å². The van der Waals surface area contributed by atoms with Gasteiger partial charge in [0, 0.05) is 30.4 Å². The summed E-state index contributed by atoms with van der Waals surface area (Å²) in [6, 6.07) is 18.1. The summed E-state index contributed by atoms with van der Waals surface area (Å²) in [6.07, 6.45) is -1.21. The Morgan fingerprint density at radius 2 is 1.65 bits per heavy atom. The molecule has 2 heterocycles. The molecule has 0 spiro atoms. The van der Waals surface area contributed by atoms with Gasteiger partial charge in [0.2, 0.25) is 16.0 Å². The SMILES string of the molecule is CC(C)(C)OC(=O)n1c(NC2CCN(c3ccc(C(=O)NC(CC(=O)O)NS(=O)(=O)c4ccc(F)cc4)cc3)CC2)nc2ccccc21. The fourth-order valence-electron chi connectivity index (χ4n) is 5.31. The molecule has 4 N–H and O–H groups in total. The number of sulfonamides is 1. The number of hydrogen-bond donors (Lipinski definition) is 4. The Kier molecular flexibility index (Phi) is 10.0. The Morgan fingerprint density at radius 1 is 1.00 bits per heavy atom. The van der Waals surface area contributed by atoms with Crippen molar-refractivity contribution < 1.29 is 37.0 Å². The largest absolute Gasteiger partial charge is 0.481 e. The number of carboxylic acid groups (broad SMARTS) is 1. The van der Waals surface area contributed by atoms with Crippen LogP contribution >= 0.6 is 0 Å². The zero-order chi connectivity index (χ0) is 34.6. The van der Waals surface area contributed by atoms with E-state index < -0.39 is 52.0 Å². The monoisotopic (exact) mass is 680 g/mol. The van der Waals surface area contributed by atoms with Crippen LogP contribution in [0.1, 0.15) is 50.4 Å². The van der Waals surface area contributed by atoms with E-state index >= 15 is 0 Å². The van der Waals surface area contributed by atoms with Crippen LogP contribution in [0.5, 0.6) is 0 Å². The first-order valence-corrected chi connectivity index (χ1v) is 16.8. The van der Waals surface area contributed by atoms with Gasteiger partial charge in [-0.1, -0.05) is 12.1 Å². The zero-order valence-corrected chi connectivity index (χ0v) is 27.5. The number of halogens is 1. The third-order valence-corrected chi connectivity index (χ3v) is 9.05. The average Bonchev–Trinajstić information content (AvgIpc) is 3.38. The van der Waals surface area contributed by atoms with Gasteiger partial charge in [-0.15, -0.1) is 0 Å². The number of rotatable bonds is 10. The number of hydrogen-bond acceptors (Lipinski definition) is 9. The quantitative estimate of drug-likeness (QED) is 0.174. The molecule has 3 aromatic carbocycles. The van der Waals surface area contributed by atoms with Crippen LogP contribution in [0.15, 0.2) is 77.7 Å². The summed E-state index contributed by atoms with van der Waals surface area (Å²) in [5.74, 6) is -2.23. The van der Waals surface area contributed by atoms with Gasteiger partial charge in [-0.2, -0.15) is 4.72 Å². The average molecular weight is 681 g/mol. The summed E-state index contributed by atoms with van der Waals surface area (Å²) >= 11 is 0. The van der Waals surface area contributed by atoms with Crippen molar-refractivity contribution >= 4 is 50.7 Å².